The summed E-state index contributed by atoms with van der Waals surface area (Å²) < 4.78 is 0. The highest BCUT2D eigenvalue weighted by molar-refractivity contribution is 5.92. The van der Waals surface area contributed by atoms with E-state index in [4.69, 9.17) is 0 Å². The van der Waals surface area contributed by atoms with Crippen LogP contribution < -0.4 is 10.9 Å². The summed E-state index contributed by atoms with van der Waals surface area (Å²) in [6.45, 7) is 2.15. The zero-order valence-corrected chi connectivity index (χ0v) is 11.8. The lowest BCUT2D eigenvalue weighted by molar-refractivity contribution is 0.0949. The Kier molecular flexibility index (Phi) is 3.55. The Balaban J connectivity index is 1.54. The van der Waals surface area contributed by atoms with Crippen LogP contribution in [-0.4, -0.2) is 32.6 Å². The number of rotatable bonds is 5. The van der Waals surface area contributed by atoms with E-state index < -0.39 is 0 Å². The molecule has 0 aromatic carbocycles. The Bertz CT molecular complexity index is 714. The third kappa shape index (κ3) is 3.36. The Labute approximate surface area is 121 Å². The van der Waals surface area contributed by atoms with Crippen LogP contribution in [0.25, 0.3) is 0 Å². The van der Waals surface area contributed by atoms with Crippen molar-refractivity contribution < 1.29 is 4.79 Å². The standard InChI is InChI=1S/C14H17N5O2/c1-8-16-10(6-13(20)17-8)4-5-15-14(21)12-7-11(18-19-12)9-2-3-9/h6-7,9H,2-5H2,1H3,(H,15,21)(H,18,19)(H,16,17,20). The molecule has 2 aromatic heterocycles. The zero-order chi connectivity index (χ0) is 14.8. The van der Waals surface area contributed by atoms with Crippen LogP contribution in [0, 0.1) is 6.92 Å². The molecule has 1 amide bonds. The molecule has 110 valence electrons. The summed E-state index contributed by atoms with van der Waals surface area (Å²) in [5, 5.41) is 9.71. The van der Waals surface area contributed by atoms with Crippen LogP contribution in [0.1, 0.15) is 46.5 Å². The minimum atomic E-state index is -0.209. The van der Waals surface area contributed by atoms with Crippen LogP contribution in [0.2, 0.25) is 0 Å². The van der Waals surface area contributed by atoms with E-state index in [1.165, 1.54) is 6.07 Å². The van der Waals surface area contributed by atoms with Crippen molar-refractivity contribution in [2.75, 3.05) is 6.54 Å². The molecule has 2 aromatic rings. The van der Waals surface area contributed by atoms with Crippen molar-refractivity contribution in [3.05, 3.63) is 45.4 Å². The fourth-order valence-electron chi connectivity index (χ4n) is 2.22. The van der Waals surface area contributed by atoms with E-state index in [2.05, 4.69) is 25.5 Å². The lowest BCUT2D eigenvalue weighted by Gasteiger charge is -2.03. The summed E-state index contributed by atoms with van der Waals surface area (Å²) in [4.78, 5) is 30.0. The number of hydrogen-bond acceptors (Lipinski definition) is 4. The highest BCUT2D eigenvalue weighted by Crippen LogP contribution is 2.38. The van der Waals surface area contributed by atoms with Crippen LogP contribution in [-0.2, 0) is 6.42 Å². The second-order valence-corrected chi connectivity index (χ2v) is 5.31. The summed E-state index contributed by atoms with van der Waals surface area (Å²) in [5.41, 5.74) is 1.93. The van der Waals surface area contributed by atoms with E-state index in [9.17, 15) is 9.59 Å². The van der Waals surface area contributed by atoms with Gasteiger partial charge < -0.3 is 10.3 Å². The van der Waals surface area contributed by atoms with E-state index in [1.807, 2.05) is 6.07 Å². The number of carbonyl (C=O) groups is 1. The highest BCUT2D eigenvalue weighted by atomic mass is 16.2. The molecule has 3 N–H and O–H groups in total. The Hall–Kier alpha value is -2.44. The molecule has 0 spiro atoms. The number of nitrogens with zero attached hydrogens (tertiary/aromatic N) is 2. The fourth-order valence-corrected chi connectivity index (χ4v) is 2.22. The average Bonchev–Trinajstić information content (AvgIpc) is 3.15. The number of nitrogens with one attached hydrogen (secondary N) is 3. The SMILES string of the molecule is Cc1nc(CCNC(=O)c2cc(C3CC3)[nH]n2)cc(=O)[nH]1. The van der Waals surface area contributed by atoms with Crippen LogP contribution >= 0.6 is 0 Å². The number of aromatic nitrogens is 4. The van der Waals surface area contributed by atoms with Gasteiger partial charge in [0.1, 0.15) is 11.5 Å². The third-order valence-corrected chi connectivity index (χ3v) is 3.43. The number of amides is 1. The number of carbonyl (C=O) groups excluding carboxylic acids is 1. The maximum atomic E-state index is 11.9. The lowest BCUT2D eigenvalue weighted by Crippen LogP contribution is -2.26. The fraction of sp³-hybridized carbons (Fsp3) is 0.429. The molecule has 1 fully saturated rings. The van der Waals surface area contributed by atoms with Gasteiger partial charge in [-0.15, -0.1) is 0 Å². The third-order valence-electron chi connectivity index (χ3n) is 3.43. The summed E-state index contributed by atoms with van der Waals surface area (Å²) in [6, 6.07) is 3.25. The molecule has 1 saturated carbocycles. The first kappa shape index (κ1) is 13.5. The predicted molar refractivity (Wildman–Crippen MR) is 76.2 cm³/mol. The van der Waals surface area contributed by atoms with E-state index in [0.29, 0.717) is 36.1 Å². The van der Waals surface area contributed by atoms with Crippen molar-refractivity contribution in [2.45, 2.75) is 32.1 Å². The molecule has 7 heteroatoms. The molecule has 3 rings (SSSR count). The van der Waals surface area contributed by atoms with E-state index in [1.54, 1.807) is 6.92 Å². The molecule has 0 atom stereocenters. The van der Waals surface area contributed by atoms with Crippen LogP contribution in [0.15, 0.2) is 16.9 Å². The van der Waals surface area contributed by atoms with Crippen molar-refractivity contribution in [1.29, 1.82) is 0 Å². The molecule has 0 bridgehead atoms. The molecule has 0 saturated heterocycles. The molecular formula is C14H17N5O2. The topological polar surface area (TPSA) is 104 Å². The van der Waals surface area contributed by atoms with Gasteiger partial charge in [0.2, 0.25) is 0 Å². The van der Waals surface area contributed by atoms with Crippen molar-refractivity contribution in [3.8, 4) is 0 Å². The first-order valence-corrected chi connectivity index (χ1v) is 7.02. The van der Waals surface area contributed by atoms with E-state index >= 15 is 0 Å². The first-order chi connectivity index (χ1) is 10.1. The smallest absolute Gasteiger partial charge is 0.271 e. The normalized spacial score (nSPS) is 14.1. The number of hydrogen-bond donors (Lipinski definition) is 3. The minimum Gasteiger partial charge on any atom is -0.350 e. The van der Waals surface area contributed by atoms with Gasteiger partial charge in [-0.25, -0.2) is 4.98 Å². The predicted octanol–water partition coefficient (Wildman–Crippen LogP) is 0.651. The summed E-state index contributed by atoms with van der Waals surface area (Å²) in [5.74, 6) is 0.909. The molecule has 21 heavy (non-hydrogen) atoms. The molecular weight excluding hydrogens is 270 g/mol. The van der Waals surface area contributed by atoms with Gasteiger partial charge >= 0.3 is 0 Å². The number of aryl methyl sites for hydroxylation is 1. The van der Waals surface area contributed by atoms with Gasteiger partial charge in [-0.3, -0.25) is 14.7 Å². The lowest BCUT2D eigenvalue weighted by atomic mass is 10.2. The van der Waals surface area contributed by atoms with Gasteiger partial charge in [0, 0.05) is 36.3 Å². The summed E-state index contributed by atoms with van der Waals surface area (Å²) in [7, 11) is 0. The van der Waals surface area contributed by atoms with Crippen molar-refractivity contribution in [2.24, 2.45) is 0 Å². The maximum absolute atomic E-state index is 11.9. The minimum absolute atomic E-state index is 0.176. The number of aromatic amines is 2. The van der Waals surface area contributed by atoms with Gasteiger partial charge in [0.25, 0.3) is 11.5 Å². The largest absolute Gasteiger partial charge is 0.350 e. The highest BCUT2D eigenvalue weighted by Gasteiger charge is 2.26. The van der Waals surface area contributed by atoms with Crippen LogP contribution in [0.4, 0.5) is 0 Å². The van der Waals surface area contributed by atoms with Crippen molar-refractivity contribution >= 4 is 5.91 Å². The summed E-state index contributed by atoms with van der Waals surface area (Å²) in [6.07, 6.45) is 2.84. The molecule has 1 aliphatic carbocycles. The summed E-state index contributed by atoms with van der Waals surface area (Å²) >= 11 is 0. The molecule has 7 nitrogen and oxygen atoms in total. The van der Waals surface area contributed by atoms with Crippen molar-refractivity contribution in [1.82, 2.24) is 25.5 Å². The molecule has 0 unspecified atom stereocenters. The monoisotopic (exact) mass is 287 g/mol. The molecule has 1 aliphatic rings. The van der Waals surface area contributed by atoms with Crippen LogP contribution in [0.5, 0.6) is 0 Å². The van der Waals surface area contributed by atoms with Crippen molar-refractivity contribution in [3.63, 3.8) is 0 Å². The quantitative estimate of drug-likeness (QED) is 0.751. The zero-order valence-electron chi connectivity index (χ0n) is 11.8. The van der Waals surface area contributed by atoms with Gasteiger partial charge in [0.15, 0.2) is 0 Å². The van der Waals surface area contributed by atoms with Gasteiger partial charge in [-0.2, -0.15) is 5.10 Å². The van der Waals surface area contributed by atoms with Gasteiger partial charge in [-0.1, -0.05) is 0 Å². The van der Waals surface area contributed by atoms with E-state index in [-0.39, 0.29) is 11.5 Å². The Morgan fingerprint density at radius 1 is 1.43 bits per heavy atom. The average molecular weight is 287 g/mol. The van der Waals surface area contributed by atoms with Gasteiger partial charge in [0.05, 0.1) is 0 Å². The first-order valence-electron chi connectivity index (χ1n) is 7.02. The molecule has 0 radical (unpaired) electrons. The molecule has 0 aliphatic heterocycles. The Morgan fingerprint density at radius 3 is 2.95 bits per heavy atom. The second-order valence-electron chi connectivity index (χ2n) is 5.31. The van der Waals surface area contributed by atoms with E-state index in [0.717, 1.165) is 18.5 Å². The number of H-pyrrole nitrogens is 2. The van der Waals surface area contributed by atoms with Crippen LogP contribution in [0.3, 0.4) is 0 Å². The van der Waals surface area contributed by atoms with Gasteiger partial charge in [-0.05, 0) is 25.8 Å². The molecule has 2 heterocycles. The maximum Gasteiger partial charge on any atom is 0.271 e. The second kappa shape index (κ2) is 5.51. The Morgan fingerprint density at radius 2 is 2.24 bits per heavy atom.